The van der Waals surface area contributed by atoms with E-state index in [1.165, 1.54) is 38.7 Å². The summed E-state index contributed by atoms with van der Waals surface area (Å²) in [6.07, 6.45) is 1.43. The zero-order chi connectivity index (χ0) is 22.4. The minimum atomic E-state index is -0.594. The van der Waals surface area contributed by atoms with Crippen LogP contribution in [0.2, 0.25) is 0 Å². The van der Waals surface area contributed by atoms with Gasteiger partial charge < -0.3 is 14.2 Å². The topological polar surface area (TPSA) is 106 Å². The molecule has 0 aliphatic carbocycles. The van der Waals surface area contributed by atoms with Gasteiger partial charge in [-0.2, -0.15) is 5.26 Å². The molecular formula is C22H20N4O4S. The predicted molar refractivity (Wildman–Crippen MR) is 118 cm³/mol. The third kappa shape index (κ3) is 4.82. The molecule has 1 N–H and O–H groups in total. The highest BCUT2D eigenvalue weighted by molar-refractivity contribution is 7.18. The molecule has 0 saturated carbocycles. The van der Waals surface area contributed by atoms with E-state index in [0.717, 1.165) is 11.1 Å². The maximum Gasteiger partial charge on any atom is 0.268 e. The number of aromatic nitrogens is 2. The molecule has 0 unspecified atom stereocenters. The molecule has 1 heterocycles. The molecule has 0 radical (unpaired) electrons. The van der Waals surface area contributed by atoms with Crippen LogP contribution < -0.4 is 19.5 Å². The minimum absolute atomic E-state index is 0.109. The molecule has 9 heteroatoms. The lowest BCUT2D eigenvalue weighted by Crippen LogP contribution is -2.13. The van der Waals surface area contributed by atoms with E-state index in [1.54, 1.807) is 12.1 Å². The number of carbonyl (C=O) groups excluding carboxylic acids is 1. The summed E-state index contributed by atoms with van der Waals surface area (Å²) in [4.78, 5) is 12.6. The van der Waals surface area contributed by atoms with E-state index in [9.17, 15) is 10.1 Å². The van der Waals surface area contributed by atoms with Gasteiger partial charge in [0.25, 0.3) is 5.91 Å². The van der Waals surface area contributed by atoms with Crippen molar-refractivity contribution in [1.82, 2.24) is 10.2 Å². The van der Waals surface area contributed by atoms with Crippen LogP contribution in [0.1, 0.15) is 11.1 Å². The molecule has 3 aromatic rings. The largest absolute Gasteiger partial charge is 0.493 e. The third-order valence-electron chi connectivity index (χ3n) is 4.38. The Morgan fingerprint density at radius 2 is 1.77 bits per heavy atom. The Balaban J connectivity index is 1.85. The second-order valence-electron chi connectivity index (χ2n) is 6.31. The summed E-state index contributed by atoms with van der Waals surface area (Å²) in [5.74, 6) is 0.655. The highest BCUT2D eigenvalue weighted by Crippen LogP contribution is 2.38. The lowest BCUT2D eigenvalue weighted by molar-refractivity contribution is -0.112. The number of ether oxygens (including phenoxy) is 3. The van der Waals surface area contributed by atoms with Crippen LogP contribution in [0.4, 0.5) is 5.13 Å². The summed E-state index contributed by atoms with van der Waals surface area (Å²) in [7, 11) is 4.48. The number of hydrogen-bond acceptors (Lipinski definition) is 8. The first-order chi connectivity index (χ1) is 15.0. The molecule has 0 fully saturated rings. The zero-order valence-corrected chi connectivity index (χ0v) is 18.2. The average molecular weight is 436 g/mol. The first kappa shape index (κ1) is 21.8. The number of aryl methyl sites for hydroxylation is 1. The lowest BCUT2D eigenvalue weighted by atomic mass is 10.1. The van der Waals surface area contributed by atoms with E-state index in [2.05, 4.69) is 15.5 Å². The summed E-state index contributed by atoms with van der Waals surface area (Å²) in [6.45, 7) is 1.98. The summed E-state index contributed by atoms with van der Waals surface area (Å²) in [6, 6.07) is 13.0. The van der Waals surface area contributed by atoms with Crippen LogP contribution in [0.25, 0.3) is 16.6 Å². The molecule has 0 atom stereocenters. The molecule has 0 spiro atoms. The van der Waals surface area contributed by atoms with Crippen molar-refractivity contribution in [3.05, 3.63) is 53.1 Å². The highest BCUT2D eigenvalue weighted by Gasteiger charge is 2.17. The van der Waals surface area contributed by atoms with Crippen LogP contribution in [0, 0.1) is 18.3 Å². The molecule has 8 nitrogen and oxygen atoms in total. The molecule has 158 valence electrons. The van der Waals surface area contributed by atoms with Crippen LogP contribution in [0.5, 0.6) is 17.2 Å². The molecule has 1 aromatic heterocycles. The van der Waals surface area contributed by atoms with Crippen LogP contribution in [-0.2, 0) is 4.79 Å². The number of methoxy groups -OCH3 is 3. The highest BCUT2D eigenvalue weighted by atomic mass is 32.1. The van der Waals surface area contributed by atoms with Crippen LogP contribution in [-0.4, -0.2) is 37.4 Å². The van der Waals surface area contributed by atoms with E-state index in [0.29, 0.717) is 33.0 Å². The maximum absolute atomic E-state index is 12.6. The normalized spacial score (nSPS) is 10.9. The molecular weight excluding hydrogens is 416 g/mol. The number of rotatable bonds is 7. The molecule has 0 aliphatic heterocycles. The van der Waals surface area contributed by atoms with Crippen molar-refractivity contribution in [2.45, 2.75) is 6.92 Å². The standard InChI is InChI=1S/C22H20N4O4S/c1-13-7-5-6-8-16(13)21-25-26-22(31-21)24-20(27)15(12-23)9-14-10-17(28-2)19(30-4)18(11-14)29-3/h5-11H,1-4H3,(H,24,26,27)/b15-9-. The van der Waals surface area contributed by atoms with Crippen molar-refractivity contribution in [3.8, 4) is 33.9 Å². The number of nitriles is 1. The Morgan fingerprint density at radius 1 is 1.10 bits per heavy atom. The Kier molecular flexibility index (Phi) is 6.85. The number of nitrogens with zero attached hydrogens (tertiary/aromatic N) is 3. The fourth-order valence-corrected chi connectivity index (χ4v) is 3.69. The van der Waals surface area contributed by atoms with E-state index in [-0.39, 0.29) is 5.57 Å². The Hall–Kier alpha value is -3.90. The molecule has 31 heavy (non-hydrogen) atoms. The molecule has 0 saturated heterocycles. The van der Waals surface area contributed by atoms with Crippen molar-refractivity contribution >= 4 is 28.5 Å². The molecule has 1 amide bonds. The Labute approximate surface area is 183 Å². The van der Waals surface area contributed by atoms with Gasteiger partial charge in [-0.15, -0.1) is 10.2 Å². The van der Waals surface area contributed by atoms with Gasteiger partial charge in [0.1, 0.15) is 16.6 Å². The first-order valence-electron chi connectivity index (χ1n) is 9.13. The van der Waals surface area contributed by atoms with Crippen LogP contribution in [0.3, 0.4) is 0 Å². The fraction of sp³-hybridized carbons (Fsp3) is 0.182. The van der Waals surface area contributed by atoms with Crippen molar-refractivity contribution in [2.24, 2.45) is 0 Å². The lowest BCUT2D eigenvalue weighted by Gasteiger charge is -2.13. The molecule has 0 bridgehead atoms. The van der Waals surface area contributed by atoms with Crippen molar-refractivity contribution < 1.29 is 19.0 Å². The Morgan fingerprint density at radius 3 is 2.35 bits per heavy atom. The van der Waals surface area contributed by atoms with Gasteiger partial charge in [0, 0.05) is 5.56 Å². The summed E-state index contributed by atoms with van der Waals surface area (Å²) < 4.78 is 15.9. The molecule has 3 rings (SSSR count). The van der Waals surface area contributed by atoms with Gasteiger partial charge in [-0.1, -0.05) is 35.6 Å². The van der Waals surface area contributed by atoms with Gasteiger partial charge >= 0.3 is 0 Å². The van der Waals surface area contributed by atoms with E-state index in [4.69, 9.17) is 14.2 Å². The quantitative estimate of drug-likeness (QED) is 0.439. The number of carbonyl (C=O) groups is 1. The van der Waals surface area contributed by atoms with Gasteiger partial charge in [0.2, 0.25) is 10.9 Å². The minimum Gasteiger partial charge on any atom is -0.493 e. The second kappa shape index (κ2) is 9.73. The SMILES string of the molecule is COc1cc(/C=C(/C#N)C(=O)Nc2nnc(-c3ccccc3C)s2)cc(OC)c1OC. The summed E-state index contributed by atoms with van der Waals surface area (Å²) in [5, 5.41) is 21.3. The van der Waals surface area contributed by atoms with Gasteiger partial charge in [-0.25, -0.2) is 0 Å². The number of anilines is 1. The summed E-state index contributed by atoms with van der Waals surface area (Å²) >= 11 is 1.23. The molecule has 0 aliphatic rings. The number of amides is 1. The second-order valence-corrected chi connectivity index (χ2v) is 7.29. The predicted octanol–water partition coefficient (Wildman–Crippen LogP) is 4.09. The van der Waals surface area contributed by atoms with Crippen LogP contribution >= 0.6 is 11.3 Å². The van der Waals surface area contributed by atoms with E-state index < -0.39 is 5.91 Å². The van der Waals surface area contributed by atoms with Gasteiger partial charge in [-0.3, -0.25) is 10.1 Å². The average Bonchev–Trinajstić information content (AvgIpc) is 3.24. The van der Waals surface area contributed by atoms with Gasteiger partial charge in [-0.05, 0) is 36.3 Å². The van der Waals surface area contributed by atoms with Crippen LogP contribution in [0.15, 0.2) is 42.0 Å². The zero-order valence-electron chi connectivity index (χ0n) is 17.4. The monoisotopic (exact) mass is 436 g/mol. The Bertz CT molecular complexity index is 1160. The number of hydrogen-bond donors (Lipinski definition) is 1. The van der Waals surface area contributed by atoms with E-state index in [1.807, 2.05) is 37.3 Å². The smallest absolute Gasteiger partial charge is 0.268 e. The van der Waals surface area contributed by atoms with Crippen molar-refractivity contribution in [3.63, 3.8) is 0 Å². The van der Waals surface area contributed by atoms with Gasteiger partial charge in [0.15, 0.2) is 11.5 Å². The molecule has 2 aromatic carbocycles. The third-order valence-corrected chi connectivity index (χ3v) is 5.26. The van der Waals surface area contributed by atoms with Crippen molar-refractivity contribution in [2.75, 3.05) is 26.6 Å². The van der Waals surface area contributed by atoms with Gasteiger partial charge in [0.05, 0.1) is 21.3 Å². The maximum atomic E-state index is 12.6. The number of benzene rings is 2. The van der Waals surface area contributed by atoms with E-state index >= 15 is 0 Å². The first-order valence-corrected chi connectivity index (χ1v) is 9.95. The van der Waals surface area contributed by atoms with Crippen molar-refractivity contribution in [1.29, 1.82) is 5.26 Å². The summed E-state index contributed by atoms with van der Waals surface area (Å²) in [5.41, 5.74) is 2.42. The fourth-order valence-electron chi connectivity index (χ4n) is 2.86. The number of nitrogens with one attached hydrogen (secondary N) is 1.